The molecule has 2 rings (SSSR count). The summed E-state index contributed by atoms with van der Waals surface area (Å²) in [6.07, 6.45) is 0.0407. The van der Waals surface area contributed by atoms with E-state index in [-0.39, 0.29) is 6.10 Å². The van der Waals surface area contributed by atoms with Crippen molar-refractivity contribution in [1.29, 1.82) is 0 Å². The number of methoxy groups -OCH3 is 1. The standard InChI is InChI=1S/C16H18O2/c1-12-4-6-14(7-5-12)13(2)18-16-10-8-15(17-3)9-11-16/h4-11,13H,1-3H3. The molecule has 2 heteroatoms. The molecule has 0 fully saturated rings. The van der Waals surface area contributed by atoms with Crippen molar-refractivity contribution in [2.75, 3.05) is 7.11 Å². The second-order valence-corrected chi connectivity index (χ2v) is 4.35. The van der Waals surface area contributed by atoms with Crippen LogP contribution in [-0.4, -0.2) is 7.11 Å². The van der Waals surface area contributed by atoms with E-state index in [4.69, 9.17) is 9.47 Å². The summed E-state index contributed by atoms with van der Waals surface area (Å²) < 4.78 is 11.0. The first-order valence-corrected chi connectivity index (χ1v) is 6.06. The van der Waals surface area contributed by atoms with E-state index in [2.05, 4.69) is 38.1 Å². The van der Waals surface area contributed by atoms with Gasteiger partial charge in [0.05, 0.1) is 7.11 Å². The van der Waals surface area contributed by atoms with Crippen LogP contribution in [0, 0.1) is 6.92 Å². The van der Waals surface area contributed by atoms with Crippen molar-refractivity contribution in [1.82, 2.24) is 0 Å². The lowest BCUT2D eigenvalue weighted by molar-refractivity contribution is 0.226. The molecule has 0 aromatic heterocycles. The SMILES string of the molecule is COc1ccc(OC(C)c2ccc(C)cc2)cc1. The fourth-order valence-corrected chi connectivity index (χ4v) is 1.76. The highest BCUT2D eigenvalue weighted by molar-refractivity contribution is 5.32. The lowest BCUT2D eigenvalue weighted by Gasteiger charge is -2.15. The maximum Gasteiger partial charge on any atom is 0.121 e. The molecule has 0 saturated carbocycles. The lowest BCUT2D eigenvalue weighted by atomic mass is 10.1. The van der Waals surface area contributed by atoms with Crippen molar-refractivity contribution in [3.63, 3.8) is 0 Å². The number of rotatable bonds is 4. The van der Waals surface area contributed by atoms with Crippen LogP contribution in [0.4, 0.5) is 0 Å². The van der Waals surface area contributed by atoms with Crippen LogP contribution in [0.5, 0.6) is 11.5 Å². The fourth-order valence-electron chi connectivity index (χ4n) is 1.76. The third kappa shape index (κ3) is 3.04. The average molecular weight is 242 g/mol. The lowest BCUT2D eigenvalue weighted by Crippen LogP contribution is -2.02. The molecule has 0 N–H and O–H groups in total. The number of aryl methyl sites for hydroxylation is 1. The van der Waals surface area contributed by atoms with Crippen molar-refractivity contribution >= 4 is 0 Å². The van der Waals surface area contributed by atoms with E-state index >= 15 is 0 Å². The van der Waals surface area contributed by atoms with E-state index in [1.165, 1.54) is 11.1 Å². The molecule has 0 heterocycles. The van der Waals surface area contributed by atoms with E-state index in [0.717, 1.165) is 11.5 Å². The third-order valence-corrected chi connectivity index (χ3v) is 2.92. The highest BCUT2D eigenvalue weighted by Crippen LogP contribution is 2.23. The quantitative estimate of drug-likeness (QED) is 0.802. The van der Waals surface area contributed by atoms with Crippen molar-refractivity contribution in [3.05, 3.63) is 59.7 Å². The molecule has 2 aromatic carbocycles. The minimum absolute atomic E-state index is 0.0407. The molecule has 2 aromatic rings. The number of hydrogen-bond acceptors (Lipinski definition) is 2. The molecule has 2 nitrogen and oxygen atoms in total. The average Bonchev–Trinajstić information content (AvgIpc) is 2.40. The Morgan fingerprint density at radius 3 is 1.94 bits per heavy atom. The van der Waals surface area contributed by atoms with Crippen LogP contribution in [0.1, 0.15) is 24.2 Å². The minimum atomic E-state index is 0.0407. The Kier molecular flexibility index (Phi) is 3.88. The highest BCUT2D eigenvalue weighted by Gasteiger charge is 2.06. The van der Waals surface area contributed by atoms with Crippen LogP contribution in [0.25, 0.3) is 0 Å². The highest BCUT2D eigenvalue weighted by atomic mass is 16.5. The van der Waals surface area contributed by atoms with Gasteiger partial charge in [-0.1, -0.05) is 29.8 Å². The van der Waals surface area contributed by atoms with Gasteiger partial charge in [0.2, 0.25) is 0 Å². The molecule has 0 bridgehead atoms. The summed E-state index contributed by atoms with van der Waals surface area (Å²) in [5, 5.41) is 0. The summed E-state index contributed by atoms with van der Waals surface area (Å²) in [5.41, 5.74) is 2.44. The maximum atomic E-state index is 5.88. The largest absolute Gasteiger partial charge is 0.497 e. The molecule has 18 heavy (non-hydrogen) atoms. The fraction of sp³-hybridized carbons (Fsp3) is 0.250. The molecule has 0 radical (unpaired) electrons. The Bertz CT molecular complexity index is 486. The van der Waals surface area contributed by atoms with E-state index in [0.29, 0.717) is 0 Å². The van der Waals surface area contributed by atoms with Gasteiger partial charge in [-0.3, -0.25) is 0 Å². The zero-order valence-electron chi connectivity index (χ0n) is 11.0. The predicted octanol–water partition coefficient (Wildman–Crippen LogP) is 4.14. The molecule has 0 aliphatic carbocycles. The summed E-state index contributed by atoms with van der Waals surface area (Å²) in [4.78, 5) is 0. The second-order valence-electron chi connectivity index (χ2n) is 4.35. The van der Waals surface area contributed by atoms with E-state index < -0.39 is 0 Å². The molecular weight excluding hydrogens is 224 g/mol. The zero-order chi connectivity index (χ0) is 13.0. The van der Waals surface area contributed by atoms with E-state index in [9.17, 15) is 0 Å². The van der Waals surface area contributed by atoms with Gasteiger partial charge in [-0.05, 0) is 43.7 Å². The summed E-state index contributed by atoms with van der Waals surface area (Å²) in [5.74, 6) is 1.69. The van der Waals surface area contributed by atoms with Gasteiger partial charge in [0.1, 0.15) is 17.6 Å². The minimum Gasteiger partial charge on any atom is -0.497 e. The first kappa shape index (κ1) is 12.5. The van der Waals surface area contributed by atoms with Crippen LogP contribution in [0.3, 0.4) is 0 Å². The monoisotopic (exact) mass is 242 g/mol. The summed E-state index contributed by atoms with van der Waals surface area (Å²) in [7, 11) is 1.66. The second kappa shape index (κ2) is 5.58. The van der Waals surface area contributed by atoms with Crippen LogP contribution in [0.2, 0.25) is 0 Å². The summed E-state index contributed by atoms with van der Waals surface area (Å²) in [6.45, 7) is 4.13. The Morgan fingerprint density at radius 1 is 0.833 bits per heavy atom. The Balaban J connectivity index is 2.05. The van der Waals surface area contributed by atoms with Gasteiger partial charge in [-0.15, -0.1) is 0 Å². The van der Waals surface area contributed by atoms with Gasteiger partial charge in [-0.2, -0.15) is 0 Å². The third-order valence-electron chi connectivity index (χ3n) is 2.92. The van der Waals surface area contributed by atoms with E-state index in [1.54, 1.807) is 7.11 Å². The molecule has 0 spiro atoms. The molecule has 1 atom stereocenters. The molecule has 1 unspecified atom stereocenters. The Labute approximate surface area is 108 Å². The van der Waals surface area contributed by atoms with Gasteiger partial charge in [0.25, 0.3) is 0 Å². The van der Waals surface area contributed by atoms with Gasteiger partial charge >= 0.3 is 0 Å². The zero-order valence-corrected chi connectivity index (χ0v) is 11.0. The van der Waals surface area contributed by atoms with Gasteiger partial charge < -0.3 is 9.47 Å². The topological polar surface area (TPSA) is 18.5 Å². The number of hydrogen-bond donors (Lipinski definition) is 0. The van der Waals surface area contributed by atoms with Gasteiger partial charge in [0.15, 0.2) is 0 Å². The number of benzene rings is 2. The van der Waals surface area contributed by atoms with Crippen LogP contribution < -0.4 is 9.47 Å². The van der Waals surface area contributed by atoms with Gasteiger partial charge in [-0.25, -0.2) is 0 Å². The molecule has 0 aliphatic heterocycles. The van der Waals surface area contributed by atoms with Crippen molar-refractivity contribution in [3.8, 4) is 11.5 Å². The Morgan fingerprint density at radius 2 is 1.39 bits per heavy atom. The van der Waals surface area contributed by atoms with Crippen LogP contribution in [-0.2, 0) is 0 Å². The molecule has 94 valence electrons. The maximum absolute atomic E-state index is 5.88. The predicted molar refractivity (Wildman–Crippen MR) is 73.2 cm³/mol. The summed E-state index contributed by atoms with van der Waals surface area (Å²) in [6, 6.07) is 16.0. The molecule has 0 amide bonds. The first-order valence-electron chi connectivity index (χ1n) is 6.06. The van der Waals surface area contributed by atoms with E-state index in [1.807, 2.05) is 24.3 Å². The summed E-state index contributed by atoms with van der Waals surface area (Å²) >= 11 is 0. The molecular formula is C16H18O2. The van der Waals surface area contributed by atoms with Crippen LogP contribution >= 0.6 is 0 Å². The van der Waals surface area contributed by atoms with Crippen molar-refractivity contribution in [2.45, 2.75) is 20.0 Å². The van der Waals surface area contributed by atoms with Crippen LogP contribution in [0.15, 0.2) is 48.5 Å². The molecule has 0 saturated heterocycles. The molecule has 0 aliphatic rings. The normalized spacial score (nSPS) is 11.9. The smallest absolute Gasteiger partial charge is 0.121 e. The number of ether oxygens (including phenoxy) is 2. The first-order chi connectivity index (χ1) is 8.69. The van der Waals surface area contributed by atoms with Gasteiger partial charge in [0, 0.05) is 0 Å². The Hall–Kier alpha value is -1.96. The van der Waals surface area contributed by atoms with Crippen molar-refractivity contribution < 1.29 is 9.47 Å². The van der Waals surface area contributed by atoms with Crippen molar-refractivity contribution in [2.24, 2.45) is 0 Å².